The van der Waals surface area contributed by atoms with E-state index < -0.39 is 0 Å². The van der Waals surface area contributed by atoms with E-state index in [0.717, 1.165) is 5.69 Å². The Labute approximate surface area is 113 Å². The molecule has 0 fully saturated rings. The molecule has 0 saturated carbocycles. The number of anilines is 2. The zero-order valence-corrected chi connectivity index (χ0v) is 11.4. The third-order valence-electron chi connectivity index (χ3n) is 2.56. The van der Waals surface area contributed by atoms with Crippen LogP contribution >= 0.6 is 0 Å². The van der Waals surface area contributed by atoms with E-state index in [1.807, 2.05) is 6.07 Å². The molecule has 1 aromatic carbocycles. The van der Waals surface area contributed by atoms with E-state index in [-0.39, 0.29) is 5.91 Å². The van der Waals surface area contributed by atoms with Crippen molar-refractivity contribution in [3.05, 3.63) is 23.8 Å². The van der Waals surface area contributed by atoms with E-state index in [9.17, 15) is 4.79 Å². The van der Waals surface area contributed by atoms with Gasteiger partial charge in [-0.05, 0) is 24.1 Å². The molecule has 0 radical (unpaired) electrons. The van der Waals surface area contributed by atoms with Crippen molar-refractivity contribution in [2.75, 3.05) is 24.1 Å². The van der Waals surface area contributed by atoms with Gasteiger partial charge in [0.1, 0.15) is 6.07 Å². The normalized spacial score (nSPS) is 10.0. The highest BCUT2D eigenvalue weighted by Crippen LogP contribution is 2.16. The zero-order valence-electron chi connectivity index (χ0n) is 11.4. The number of nitrogens with one attached hydrogen (secondary N) is 2. The lowest BCUT2D eigenvalue weighted by Crippen LogP contribution is -2.28. The van der Waals surface area contributed by atoms with Crippen molar-refractivity contribution in [1.29, 1.82) is 5.26 Å². The largest absolute Gasteiger partial charge is 0.398 e. The summed E-state index contributed by atoms with van der Waals surface area (Å²) in [7, 11) is 0. The lowest BCUT2D eigenvalue weighted by molar-refractivity contribution is -0.120. The first-order valence-electron chi connectivity index (χ1n) is 6.33. The first-order valence-corrected chi connectivity index (χ1v) is 6.33. The highest BCUT2D eigenvalue weighted by atomic mass is 16.1. The molecule has 5 nitrogen and oxygen atoms in total. The molecule has 0 saturated heterocycles. The van der Waals surface area contributed by atoms with Crippen molar-refractivity contribution >= 4 is 17.3 Å². The maximum absolute atomic E-state index is 11.5. The summed E-state index contributed by atoms with van der Waals surface area (Å²) in [6.07, 6.45) is 0.409. The number of carbonyl (C=O) groups is 1. The van der Waals surface area contributed by atoms with Gasteiger partial charge >= 0.3 is 0 Å². The average Bonchev–Trinajstić information content (AvgIpc) is 2.36. The molecule has 19 heavy (non-hydrogen) atoms. The molecule has 5 heteroatoms. The van der Waals surface area contributed by atoms with Gasteiger partial charge in [0.2, 0.25) is 5.91 Å². The number of nitrogens with two attached hydrogens (primary N) is 1. The van der Waals surface area contributed by atoms with Crippen LogP contribution in [-0.4, -0.2) is 19.0 Å². The number of hydrogen-bond acceptors (Lipinski definition) is 4. The van der Waals surface area contributed by atoms with Gasteiger partial charge in [0.05, 0.1) is 11.3 Å². The maximum atomic E-state index is 11.5. The lowest BCUT2D eigenvalue weighted by Gasteiger charge is -2.09. The zero-order chi connectivity index (χ0) is 14.3. The highest BCUT2D eigenvalue weighted by molar-refractivity contribution is 5.76. The van der Waals surface area contributed by atoms with Crippen molar-refractivity contribution in [1.82, 2.24) is 5.32 Å². The lowest BCUT2D eigenvalue weighted by atomic mass is 10.2. The number of rotatable bonds is 6. The van der Waals surface area contributed by atoms with Crippen LogP contribution in [0.5, 0.6) is 0 Å². The van der Waals surface area contributed by atoms with Gasteiger partial charge in [0, 0.05) is 25.2 Å². The van der Waals surface area contributed by atoms with Crippen LogP contribution in [0.4, 0.5) is 11.4 Å². The molecule has 1 aromatic rings. The molecule has 1 amide bonds. The maximum Gasteiger partial charge on any atom is 0.221 e. The minimum Gasteiger partial charge on any atom is -0.398 e. The predicted octanol–water partition coefficient (Wildman–Crippen LogP) is 1.71. The van der Waals surface area contributed by atoms with Crippen LogP contribution in [0.3, 0.4) is 0 Å². The van der Waals surface area contributed by atoms with Gasteiger partial charge in [-0.1, -0.05) is 13.8 Å². The van der Waals surface area contributed by atoms with Crippen LogP contribution in [0.25, 0.3) is 0 Å². The SMILES string of the molecule is CC(C)CNC(=O)CCNc1ccc(C#N)c(N)c1. The summed E-state index contributed by atoms with van der Waals surface area (Å²) >= 11 is 0. The quantitative estimate of drug-likeness (QED) is 0.679. The van der Waals surface area contributed by atoms with Gasteiger partial charge in [0.25, 0.3) is 0 Å². The fourth-order valence-corrected chi connectivity index (χ4v) is 1.50. The van der Waals surface area contributed by atoms with E-state index in [2.05, 4.69) is 24.5 Å². The molecule has 0 unspecified atom stereocenters. The van der Waals surface area contributed by atoms with Crippen LogP contribution in [0.1, 0.15) is 25.8 Å². The summed E-state index contributed by atoms with van der Waals surface area (Å²) in [5, 5.41) is 14.7. The van der Waals surface area contributed by atoms with Crippen LogP contribution < -0.4 is 16.4 Å². The second-order valence-corrected chi connectivity index (χ2v) is 4.79. The van der Waals surface area contributed by atoms with Gasteiger partial charge in [-0.25, -0.2) is 0 Å². The number of benzene rings is 1. The third kappa shape index (κ3) is 5.30. The molecule has 1 rings (SSSR count). The average molecular weight is 260 g/mol. The molecule has 0 aliphatic heterocycles. The second kappa shape index (κ2) is 7.27. The minimum atomic E-state index is 0.0304. The fourth-order valence-electron chi connectivity index (χ4n) is 1.50. The van der Waals surface area contributed by atoms with Crippen molar-refractivity contribution in [3.63, 3.8) is 0 Å². The highest BCUT2D eigenvalue weighted by Gasteiger charge is 2.03. The predicted molar refractivity (Wildman–Crippen MR) is 76.5 cm³/mol. The Morgan fingerprint density at radius 1 is 1.47 bits per heavy atom. The van der Waals surface area contributed by atoms with Crippen LogP contribution in [0.2, 0.25) is 0 Å². The molecular weight excluding hydrogens is 240 g/mol. The van der Waals surface area contributed by atoms with Gasteiger partial charge in [-0.2, -0.15) is 5.26 Å². The summed E-state index contributed by atoms with van der Waals surface area (Å²) in [6, 6.07) is 7.15. The summed E-state index contributed by atoms with van der Waals surface area (Å²) in [5.41, 5.74) is 7.42. The van der Waals surface area contributed by atoms with E-state index >= 15 is 0 Å². The van der Waals surface area contributed by atoms with E-state index in [0.29, 0.717) is 36.7 Å². The third-order valence-corrected chi connectivity index (χ3v) is 2.56. The Hall–Kier alpha value is -2.22. The summed E-state index contributed by atoms with van der Waals surface area (Å²) < 4.78 is 0. The van der Waals surface area contributed by atoms with Gasteiger partial charge in [0.15, 0.2) is 0 Å². The van der Waals surface area contributed by atoms with E-state index in [1.165, 1.54) is 0 Å². The van der Waals surface area contributed by atoms with Crippen molar-refractivity contribution in [2.24, 2.45) is 5.92 Å². The molecule has 0 aliphatic carbocycles. The van der Waals surface area contributed by atoms with Gasteiger partial charge in [-0.15, -0.1) is 0 Å². The Bertz CT molecular complexity index is 477. The Kier molecular flexibility index (Phi) is 5.68. The van der Waals surface area contributed by atoms with Crippen molar-refractivity contribution < 1.29 is 4.79 Å². The molecular formula is C14H20N4O. The Balaban J connectivity index is 2.35. The number of hydrogen-bond donors (Lipinski definition) is 3. The number of nitrogens with zero attached hydrogens (tertiary/aromatic N) is 1. The summed E-state index contributed by atoms with van der Waals surface area (Å²) in [4.78, 5) is 11.5. The van der Waals surface area contributed by atoms with Crippen LogP contribution in [-0.2, 0) is 4.79 Å². The molecule has 0 spiro atoms. The Morgan fingerprint density at radius 2 is 2.21 bits per heavy atom. The molecule has 0 aliphatic rings. The number of nitriles is 1. The Morgan fingerprint density at radius 3 is 2.79 bits per heavy atom. The van der Waals surface area contributed by atoms with E-state index in [1.54, 1.807) is 18.2 Å². The van der Waals surface area contributed by atoms with Crippen molar-refractivity contribution in [2.45, 2.75) is 20.3 Å². The molecule has 4 N–H and O–H groups in total. The first kappa shape index (κ1) is 14.8. The fraction of sp³-hybridized carbons (Fsp3) is 0.429. The summed E-state index contributed by atoms with van der Waals surface area (Å²) in [5.74, 6) is 0.484. The second-order valence-electron chi connectivity index (χ2n) is 4.79. The van der Waals surface area contributed by atoms with E-state index in [4.69, 9.17) is 11.0 Å². The number of amides is 1. The molecule has 0 bridgehead atoms. The first-order chi connectivity index (χ1) is 9.02. The smallest absolute Gasteiger partial charge is 0.221 e. The monoisotopic (exact) mass is 260 g/mol. The topological polar surface area (TPSA) is 90.9 Å². The number of nitrogen functional groups attached to an aromatic ring is 1. The summed E-state index contributed by atoms with van der Waals surface area (Å²) in [6.45, 7) is 5.34. The minimum absolute atomic E-state index is 0.0304. The molecule has 0 aromatic heterocycles. The van der Waals surface area contributed by atoms with Crippen LogP contribution in [0.15, 0.2) is 18.2 Å². The van der Waals surface area contributed by atoms with Gasteiger partial charge < -0.3 is 16.4 Å². The van der Waals surface area contributed by atoms with Gasteiger partial charge in [-0.3, -0.25) is 4.79 Å². The molecule has 102 valence electrons. The molecule has 0 atom stereocenters. The standard InChI is InChI=1S/C14H20N4O/c1-10(2)9-18-14(19)5-6-17-12-4-3-11(8-15)13(16)7-12/h3-4,7,10,17H,5-6,9,16H2,1-2H3,(H,18,19). The van der Waals surface area contributed by atoms with Crippen molar-refractivity contribution in [3.8, 4) is 6.07 Å². The molecule has 0 heterocycles. The number of carbonyl (C=O) groups excluding carboxylic acids is 1. The van der Waals surface area contributed by atoms with Crippen LogP contribution in [0, 0.1) is 17.2 Å².